The van der Waals surface area contributed by atoms with Crippen LogP contribution in [0.1, 0.15) is 6.42 Å². The maximum atomic E-state index is 12.3. The monoisotopic (exact) mass is 152 g/mol. The molecule has 1 N–H and O–H groups in total. The van der Waals surface area contributed by atoms with Crippen molar-refractivity contribution in [2.45, 2.75) is 24.9 Å². The molecule has 0 aromatic heterocycles. The molecule has 0 saturated carbocycles. The first kappa shape index (κ1) is 7.60. The van der Waals surface area contributed by atoms with Crippen LogP contribution in [0.3, 0.4) is 0 Å². The van der Waals surface area contributed by atoms with Crippen molar-refractivity contribution >= 4 is 0 Å². The van der Waals surface area contributed by atoms with Gasteiger partial charge in [-0.15, -0.1) is 0 Å². The zero-order valence-electron chi connectivity index (χ0n) is 5.10. The number of halogens is 3. The van der Waals surface area contributed by atoms with Gasteiger partial charge in [0.05, 0.1) is 0 Å². The molecule has 0 saturated heterocycles. The molecule has 0 aromatic rings. The van der Waals surface area contributed by atoms with E-state index in [1.165, 1.54) is 0 Å². The van der Waals surface area contributed by atoms with Crippen LogP contribution in [0.4, 0.5) is 13.2 Å². The molecule has 0 fully saturated rings. The number of hydrogen-bond donors (Lipinski definition) is 1. The van der Waals surface area contributed by atoms with Crippen LogP contribution >= 0.6 is 0 Å². The third kappa shape index (κ3) is 1.31. The molecule has 0 aliphatic heterocycles. The number of aliphatic hydroxyl groups excluding tert-OH is 1. The van der Waals surface area contributed by atoms with Crippen molar-refractivity contribution in [2.24, 2.45) is 0 Å². The summed E-state index contributed by atoms with van der Waals surface area (Å²) in [7, 11) is 0. The average molecular weight is 152 g/mol. The Kier molecular flexibility index (Phi) is 1.99. The lowest BCUT2D eigenvalue weighted by molar-refractivity contribution is 0.0742. The van der Waals surface area contributed by atoms with Gasteiger partial charge in [0.25, 0.3) is 0 Å². The van der Waals surface area contributed by atoms with Gasteiger partial charge in [-0.3, -0.25) is 0 Å². The van der Waals surface area contributed by atoms with Crippen LogP contribution in [-0.2, 0) is 0 Å². The van der Waals surface area contributed by atoms with Gasteiger partial charge < -0.3 is 5.11 Å². The molecule has 0 bridgehead atoms. The number of rotatable bonds is 0. The first-order valence-corrected chi connectivity index (χ1v) is 2.94. The van der Waals surface area contributed by atoms with Crippen molar-refractivity contribution in [3.63, 3.8) is 0 Å². The summed E-state index contributed by atoms with van der Waals surface area (Å²) >= 11 is 0. The van der Waals surface area contributed by atoms with Crippen molar-refractivity contribution in [3.8, 4) is 0 Å². The Labute approximate surface area is 56.2 Å². The molecule has 0 amide bonds. The SMILES string of the molecule is OC1C=C(F)C(F)CC1F. The van der Waals surface area contributed by atoms with Crippen LogP contribution in [0, 0.1) is 0 Å². The molecule has 1 nitrogen and oxygen atoms in total. The zero-order valence-corrected chi connectivity index (χ0v) is 5.10. The topological polar surface area (TPSA) is 20.2 Å². The number of alkyl halides is 2. The van der Waals surface area contributed by atoms with E-state index in [4.69, 9.17) is 5.11 Å². The molecule has 10 heavy (non-hydrogen) atoms. The van der Waals surface area contributed by atoms with E-state index in [2.05, 4.69) is 0 Å². The Hall–Kier alpha value is -0.510. The van der Waals surface area contributed by atoms with Gasteiger partial charge in [-0.25, -0.2) is 13.2 Å². The predicted octanol–water partition coefficient (Wildman–Crippen LogP) is 1.28. The minimum Gasteiger partial charge on any atom is -0.386 e. The number of allylic oxidation sites excluding steroid dienone is 1. The molecule has 0 heterocycles. The quantitative estimate of drug-likeness (QED) is 0.554. The van der Waals surface area contributed by atoms with Crippen LogP contribution in [0.25, 0.3) is 0 Å². The van der Waals surface area contributed by atoms with Crippen LogP contribution in [0.2, 0.25) is 0 Å². The molecule has 0 spiro atoms. The molecular formula is C6H7F3O. The summed E-state index contributed by atoms with van der Waals surface area (Å²) in [6.45, 7) is 0. The van der Waals surface area contributed by atoms with E-state index < -0.39 is 30.7 Å². The van der Waals surface area contributed by atoms with E-state index in [9.17, 15) is 13.2 Å². The fourth-order valence-electron chi connectivity index (χ4n) is 0.822. The summed E-state index contributed by atoms with van der Waals surface area (Å²) in [6.07, 6.45) is -5.04. The van der Waals surface area contributed by atoms with Crippen LogP contribution < -0.4 is 0 Å². The van der Waals surface area contributed by atoms with Gasteiger partial charge in [0.2, 0.25) is 0 Å². The smallest absolute Gasteiger partial charge is 0.154 e. The van der Waals surface area contributed by atoms with Crippen molar-refractivity contribution in [1.82, 2.24) is 0 Å². The molecule has 0 radical (unpaired) electrons. The molecule has 0 aromatic carbocycles. The van der Waals surface area contributed by atoms with Crippen molar-refractivity contribution < 1.29 is 18.3 Å². The number of hydrogen-bond acceptors (Lipinski definition) is 1. The minimum absolute atomic E-state index is 0.568. The molecule has 4 heteroatoms. The Balaban J connectivity index is 2.69. The molecule has 3 atom stereocenters. The second-order valence-corrected chi connectivity index (χ2v) is 2.26. The van der Waals surface area contributed by atoms with Gasteiger partial charge in [0.1, 0.15) is 18.1 Å². The molecule has 1 aliphatic carbocycles. The fourth-order valence-corrected chi connectivity index (χ4v) is 0.822. The van der Waals surface area contributed by atoms with Gasteiger partial charge in [-0.2, -0.15) is 0 Å². The molecule has 1 aliphatic rings. The highest BCUT2D eigenvalue weighted by Crippen LogP contribution is 2.24. The van der Waals surface area contributed by atoms with E-state index in [0.29, 0.717) is 6.08 Å². The lowest BCUT2D eigenvalue weighted by atomic mass is 10.0. The number of aliphatic hydroxyl groups is 1. The van der Waals surface area contributed by atoms with Gasteiger partial charge in [0, 0.05) is 6.42 Å². The van der Waals surface area contributed by atoms with Crippen molar-refractivity contribution in [1.29, 1.82) is 0 Å². The predicted molar refractivity (Wildman–Crippen MR) is 29.6 cm³/mol. The third-order valence-electron chi connectivity index (χ3n) is 1.43. The van der Waals surface area contributed by atoms with Gasteiger partial charge in [0.15, 0.2) is 6.17 Å². The van der Waals surface area contributed by atoms with E-state index in [0.717, 1.165) is 0 Å². The first-order chi connectivity index (χ1) is 4.61. The van der Waals surface area contributed by atoms with Gasteiger partial charge in [-0.1, -0.05) is 0 Å². The average Bonchev–Trinajstić information content (AvgIpc) is 1.84. The Morgan fingerprint density at radius 2 is 2.10 bits per heavy atom. The summed E-state index contributed by atoms with van der Waals surface area (Å²) < 4.78 is 36.7. The van der Waals surface area contributed by atoms with E-state index >= 15 is 0 Å². The Bertz CT molecular complexity index is 157. The highest BCUT2D eigenvalue weighted by atomic mass is 19.2. The normalized spacial score (nSPS) is 41.2. The summed E-state index contributed by atoms with van der Waals surface area (Å²) in [6, 6.07) is 0. The second kappa shape index (κ2) is 2.62. The first-order valence-electron chi connectivity index (χ1n) is 2.94. The van der Waals surface area contributed by atoms with E-state index in [1.807, 2.05) is 0 Å². The third-order valence-corrected chi connectivity index (χ3v) is 1.43. The second-order valence-electron chi connectivity index (χ2n) is 2.26. The Morgan fingerprint density at radius 3 is 2.60 bits per heavy atom. The highest BCUT2D eigenvalue weighted by Gasteiger charge is 2.30. The maximum absolute atomic E-state index is 12.3. The highest BCUT2D eigenvalue weighted by molar-refractivity contribution is 5.09. The zero-order chi connectivity index (χ0) is 7.72. The van der Waals surface area contributed by atoms with E-state index in [1.54, 1.807) is 0 Å². The largest absolute Gasteiger partial charge is 0.386 e. The molecular weight excluding hydrogens is 145 g/mol. The fraction of sp³-hybridized carbons (Fsp3) is 0.667. The molecule has 1 rings (SSSR count). The summed E-state index contributed by atoms with van der Waals surface area (Å²) in [5.74, 6) is -1.07. The van der Waals surface area contributed by atoms with Crippen molar-refractivity contribution in [3.05, 3.63) is 11.9 Å². The standard InChI is InChI=1S/C6H7F3O/c7-3-1-5(9)6(10)2-4(3)8/h2-3,5-6,10H,1H2. The van der Waals surface area contributed by atoms with Gasteiger partial charge >= 0.3 is 0 Å². The molecule has 58 valence electrons. The lowest BCUT2D eigenvalue weighted by Crippen LogP contribution is -2.28. The van der Waals surface area contributed by atoms with Crippen molar-refractivity contribution in [2.75, 3.05) is 0 Å². The van der Waals surface area contributed by atoms with E-state index in [-0.39, 0.29) is 0 Å². The van der Waals surface area contributed by atoms with Crippen LogP contribution in [-0.4, -0.2) is 23.6 Å². The van der Waals surface area contributed by atoms with Crippen LogP contribution in [0.15, 0.2) is 11.9 Å². The summed E-state index contributed by atoms with van der Waals surface area (Å²) in [5.41, 5.74) is 0. The van der Waals surface area contributed by atoms with Crippen LogP contribution in [0.5, 0.6) is 0 Å². The summed E-state index contributed by atoms with van der Waals surface area (Å²) in [5, 5.41) is 8.61. The minimum atomic E-state index is -1.88. The molecule has 3 unspecified atom stereocenters. The summed E-state index contributed by atoms with van der Waals surface area (Å²) in [4.78, 5) is 0. The Morgan fingerprint density at radius 1 is 1.50 bits per heavy atom. The maximum Gasteiger partial charge on any atom is 0.154 e. The lowest BCUT2D eigenvalue weighted by Gasteiger charge is -2.19. The van der Waals surface area contributed by atoms with Gasteiger partial charge in [-0.05, 0) is 6.08 Å².